The van der Waals surface area contributed by atoms with E-state index >= 15 is 0 Å². The lowest BCUT2D eigenvalue weighted by molar-refractivity contribution is 0.336. The van der Waals surface area contributed by atoms with Crippen molar-refractivity contribution in [1.29, 1.82) is 0 Å². The molecule has 5 heteroatoms. The molecule has 3 N–H and O–H groups in total. The summed E-state index contributed by atoms with van der Waals surface area (Å²) in [5.74, 6) is 1.61. The van der Waals surface area contributed by atoms with E-state index in [-0.39, 0.29) is 0 Å². The molecule has 0 aliphatic heterocycles. The van der Waals surface area contributed by atoms with Crippen molar-refractivity contribution in [3.8, 4) is 5.75 Å². The van der Waals surface area contributed by atoms with Crippen LogP contribution in [0.1, 0.15) is 18.1 Å². The Morgan fingerprint density at radius 2 is 2.15 bits per heavy atom. The Balaban J connectivity index is 2.25. The fourth-order valence-electron chi connectivity index (χ4n) is 1.88. The Kier molecular flexibility index (Phi) is 4.98. The minimum atomic E-state index is 0.438. The zero-order chi connectivity index (χ0) is 14.5. The Bertz CT molecular complexity index is 602. The molecule has 1 aromatic carbocycles. The predicted octanol–water partition coefficient (Wildman–Crippen LogP) is 3.75. The maximum absolute atomic E-state index is 5.76. The van der Waals surface area contributed by atoms with Crippen LogP contribution in [0, 0.1) is 6.92 Å². The number of nitrogens with two attached hydrogens (primary N) is 1. The van der Waals surface area contributed by atoms with Gasteiger partial charge >= 0.3 is 0 Å². The first kappa shape index (κ1) is 14.8. The molecule has 0 spiro atoms. The summed E-state index contributed by atoms with van der Waals surface area (Å²) in [5.41, 5.74) is 8.78. The lowest BCUT2D eigenvalue weighted by Crippen LogP contribution is -2.03. The zero-order valence-electron chi connectivity index (χ0n) is 11.6. The molecule has 0 radical (unpaired) electrons. The minimum absolute atomic E-state index is 0.438. The van der Waals surface area contributed by atoms with Gasteiger partial charge in [0.15, 0.2) is 0 Å². The standard InChI is InChI=1S/C15H18BrN3O/c1-3-20-14-5-4-12(7-11(14)8-17)19-15-13(16)6-10(2)9-18-15/h4-7,9H,3,8,17H2,1-2H3,(H,18,19). The first-order valence-electron chi connectivity index (χ1n) is 6.49. The molecule has 20 heavy (non-hydrogen) atoms. The van der Waals surface area contributed by atoms with Crippen LogP contribution >= 0.6 is 15.9 Å². The summed E-state index contributed by atoms with van der Waals surface area (Å²) in [5, 5.41) is 3.27. The molecule has 4 nitrogen and oxygen atoms in total. The van der Waals surface area contributed by atoms with Crippen LogP contribution in [0.25, 0.3) is 0 Å². The van der Waals surface area contributed by atoms with Crippen molar-refractivity contribution in [3.63, 3.8) is 0 Å². The Labute approximate surface area is 127 Å². The van der Waals surface area contributed by atoms with Gasteiger partial charge in [0.2, 0.25) is 0 Å². The number of ether oxygens (including phenoxy) is 1. The second kappa shape index (κ2) is 6.72. The van der Waals surface area contributed by atoms with Crippen LogP contribution in [0.5, 0.6) is 5.75 Å². The molecule has 106 valence electrons. The van der Waals surface area contributed by atoms with Gasteiger partial charge in [0.05, 0.1) is 11.1 Å². The number of rotatable bonds is 5. The molecule has 0 aliphatic rings. The molecule has 0 saturated carbocycles. The summed E-state index contributed by atoms with van der Waals surface area (Å²) < 4.78 is 6.47. The fraction of sp³-hybridized carbons (Fsp3) is 0.267. The summed E-state index contributed by atoms with van der Waals surface area (Å²) in [7, 11) is 0. The third-order valence-corrected chi connectivity index (χ3v) is 3.43. The summed E-state index contributed by atoms with van der Waals surface area (Å²) in [6.07, 6.45) is 1.82. The molecular formula is C15H18BrN3O. The predicted molar refractivity (Wildman–Crippen MR) is 85.5 cm³/mol. The topological polar surface area (TPSA) is 60.2 Å². The molecule has 1 aromatic heterocycles. The molecule has 0 bridgehead atoms. The van der Waals surface area contributed by atoms with Crippen LogP contribution in [-0.4, -0.2) is 11.6 Å². The van der Waals surface area contributed by atoms with Gasteiger partial charge in [-0.25, -0.2) is 4.98 Å². The van der Waals surface area contributed by atoms with Gasteiger partial charge < -0.3 is 15.8 Å². The molecular weight excluding hydrogens is 318 g/mol. The number of aryl methyl sites for hydroxylation is 1. The number of hydrogen-bond acceptors (Lipinski definition) is 4. The van der Waals surface area contributed by atoms with Gasteiger partial charge in [-0.2, -0.15) is 0 Å². The summed E-state index contributed by atoms with van der Waals surface area (Å²) in [6, 6.07) is 7.89. The van der Waals surface area contributed by atoms with Gasteiger partial charge in [0.25, 0.3) is 0 Å². The van der Waals surface area contributed by atoms with E-state index in [1.54, 1.807) is 0 Å². The second-order valence-corrected chi connectivity index (χ2v) is 5.28. The quantitative estimate of drug-likeness (QED) is 0.873. The number of hydrogen-bond donors (Lipinski definition) is 2. The van der Waals surface area contributed by atoms with E-state index < -0.39 is 0 Å². The van der Waals surface area contributed by atoms with E-state index in [9.17, 15) is 0 Å². The van der Waals surface area contributed by atoms with Gasteiger partial charge in [-0.1, -0.05) is 0 Å². The van der Waals surface area contributed by atoms with Crippen molar-refractivity contribution in [2.24, 2.45) is 5.73 Å². The maximum atomic E-state index is 5.76. The molecule has 0 amide bonds. The molecule has 0 unspecified atom stereocenters. The highest BCUT2D eigenvalue weighted by Crippen LogP contribution is 2.27. The minimum Gasteiger partial charge on any atom is -0.494 e. The number of anilines is 2. The number of pyridine rings is 1. The van der Waals surface area contributed by atoms with E-state index in [1.165, 1.54) is 0 Å². The van der Waals surface area contributed by atoms with E-state index in [1.807, 2.05) is 44.3 Å². The summed E-state index contributed by atoms with van der Waals surface area (Å²) >= 11 is 3.51. The van der Waals surface area contributed by atoms with Crippen molar-refractivity contribution in [2.45, 2.75) is 20.4 Å². The van der Waals surface area contributed by atoms with Crippen molar-refractivity contribution < 1.29 is 4.74 Å². The summed E-state index contributed by atoms with van der Waals surface area (Å²) in [6.45, 7) is 5.03. The smallest absolute Gasteiger partial charge is 0.144 e. The first-order valence-corrected chi connectivity index (χ1v) is 7.28. The van der Waals surface area contributed by atoms with Gasteiger partial charge in [-0.05, 0) is 59.6 Å². The third-order valence-electron chi connectivity index (χ3n) is 2.82. The largest absolute Gasteiger partial charge is 0.494 e. The molecule has 1 heterocycles. The van der Waals surface area contributed by atoms with E-state index in [0.29, 0.717) is 13.2 Å². The number of aromatic nitrogens is 1. The van der Waals surface area contributed by atoms with Gasteiger partial charge in [-0.15, -0.1) is 0 Å². The van der Waals surface area contributed by atoms with E-state index in [2.05, 4.69) is 26.2 Å². The van der Waals surface area contributed by atoms with Gasteiger partial charge in [-0.3, -0.25) is 0 Å². The highest BCUT2D eigenvalue weighted by Gasteiger charge is 2.06. The van der Waals surface area contributed by atoms with Crippen LogP contribution < -0.4 is 15.8 Å². The fourth-order valence-corrected chi connectivity index (χ4v) is 2.44. The number of benzene rings is 1. The molecule has 0 fully saturated rings. The maximum Gasteiger partial charge on any atom is 0.144 e. The van der Waals surface area contributed by atoms with Crippen LogP contribution in [0.3, 0.4) is 0 Å². The Hall–Kier alpha value is -1.59. The summed E-state index contributed by atoms with van der Waals surface area (Å²) in [4.78, 5) is 4.37. The highest BCUT2D eigenvalue weighted by molar-refractivity contribution is 9.10. The monoisotopic (exact) mass is 335 g/mol. The lowest BCUT2D eigenvalue weighted by atomic mass is 10.1. The molecule has 0 aliphatic carbocycles. The third kappa shape index (κ3) is 3.49. The van der Waals surface area contributed by atoms with Crippen molar-refractivity contribution in [3.05, 3.63) is 46.1 Å². The molecule has 2 aromatic rings. The second-order valence-electron chi connectivity index (χ2n) is 4.43. The lowest BCUT2D eigenvalue weighted by Gasteiger charge is -2.12. The van der Waals surface area contributed by atoms with Crippen LogP contribution in [0.4, 0.5) is 11.5 Å². The Morgan fingerprint density at radius 3 is 2.80 bits per heavy atom. The number of nitrogens with zero attached hydrogens (tertiary/aromatic N) is 1. The highest BCUT2D eigenvalue weighted by atomic mass is 79.9. The van der Waals surface area contributed by atoms with E-state index in [4.69, 9.17) is 10.5 Å². The first-order chi connectivity index (χ1) is 9.63. The van der Waals surface area contributed by atoms with Crippen LogP contribution in [0.2, 0.25) is 0 Å². The van der Waals surface area contributed by atoms with Crippen LogP contribution in [0.15, 0.2) is 34.9 Å². The molecule has 2 rings (SSSR count). The normalized spacial score (nSPS) is 10.4. The number of nitrogens with one attached hydrogen (secondary N) is 1. The van der Waals surface area contributed by atoms with Crippen molar-refractivity contribution in [1.82, 2.24) is 4.98 Å². The van der Waals surface area contributed by atoms with E-state index in [0.717, 1.165) is 32.9 Å². The average Bonchev–Trinajstić information content (AvgIpc) is 2.43. The molecule has 0 saturated heterocycles. The van der Waals surface area contributed by atoms with Crippen LogP contribution in [-0.2, 0) is 6.54 Å². The van der Waals surface area contributed by atoms with Crippen molar-refractivity contribution >= 4 is 27.4 Å². The number of halogens is 1. The van der Waals surface area contributed by atoms with Gasteiger partial charge in [0, 0.05) is 24.0 Å². The average molecular weight is 336 g/mol. The van der Waals surface area contributed by atoms with Crippen molar-refractivity contribution in [2.75, 3.05) is 11.9 Å². The molecule has 0 atom stereocenters. The zero-order valence-corrected chi connectivity index (χ0v) is 13.2. The Morgan fingerprint density at radius 1 is 1.35 bits per heavy atom. The van der Waals surface area contributed by atoms with Gasteiger partial charge in [0.1, 0.15) is 11.6 Å². The SMILES string of the molecule is CCOc1ccc(Nc2ncc(C)cc2Br)cc1CN.